The van der Waals surface area contributed by atoms with Gasteiger partial charge in [0.05, 0.1) is 18.2 Å². The molecule has 0 atom stereocenters. The number of nitrogens with one attached hydrogen (secondary N) is 1. The van der Waals surface area contributed by atoms with Crippen molar-refractivity contribution in [3.63, 3.8) is 0 Å². The second-order valence-electron chi connectivity index (χ2n) is 3.89. The highest BCUT2D eigenvalue weighted by Crippen LogP contribution is 2.11. The Kier molecular flexibility index (Phi) is 7.73. The van der Waals surface area contributed by atoms with Crippen LogP contribution in [0.2, 0.25) is 0 Å². The van der Waals surface area contributed by atoms with Crippen LogP contribution >= 0.6 is 31.9 Å². The zero-order valence-corrected chi connectivity index (χ0v) is 14.6. The van der Waals surface area contributed by atoms with Gasteiger partial charge in [0.2, 0.25) is 5.90 Å². The lowest BCUT2D eigenvalue weighted by Gasteiger charge is -2.03. The molecule has 3 nitrogen and oxygen atoms in total. The topological polar surface area (TPSA) is 56.9 Å². The minimum Gasteiger partial charge on any atom is -0.478 e. The molecule has 0 aliphatic heterocycles. The molecule has 2 aromatic carbocycles. The summed E-state index contributed by atoms with van der Waals surface area (Å²) in [6, 6.07) is 16.7. The predicted octanol–water partition coefficient (Wildman–Crippen LogP) is 5.13. The molecule has 0 spiro atoms. The first-order valence-electron chi connectivity index (χ1n) is 6.19. The highest BCUT2D eigenvalue weighted by molar-refractivity contribution is 9.10. The SMILES string of the molecule is CCOC(=N)c1ccc(Br)cc1.N#Cc1ccc(Br)cc1. The Balaban J connectivity index is 0.000000219. The fraction of sp³-hybridized carbons (Fsp3) is 0.125. The van der Waals surface area contributed by atoms with Crippen molar-refractivity contribution in [1.82, 2.24) is 0 Å². The third-order valence-electron chi connectivity index (χ3n) is 2.37. The molecule has 0 heterocycles. The molecule has 0 saturated carbocycles. The van der Waals surface area contributed by atoms with Gasteiger partial charge in [0.15, 0.2) is 0 Å². The summed E-state index contributed by atoms with van der Waals surface area (Å²) in [4.78, 5) is 0. The number of rotatable bonds is 2. The van der Waals surface area contributed by atoms with Gasteiger partial charge in [0.25, 0.3) is 0 Å². The van der Waals surface area contributed by atoms with Crippen LogP contribution in [0, 0.1) is 16.7 Å². The summed E-state index contributed by atoms with van der Waals surface area (Å²) in [5.74, 6) is 0.227. The van der Waals surface area contributed by atoms with Gasteiger partial charge in [0, 0.05) is 14.5 Å². The van der Waals surface area contributed by atoms with E-state index in [1.807, 2.05) is 49.4 Å². The van der Waals surface area contributed by atoms with Crippen LogP contribution in [0.3, 0.4) is 0 Å². The molecule has 0 aromatic heterocycles. The van der Waals surface area contributed by atoms with Crippen molar-refractivity contribution in [3.8, 4) is 6.07 Å². The van der Waals surface area contributed by atoms with Crippen molar-refractivity contribution < 1.29 is 4.74 Å². The lowest BCUT2D eigenvalue weighted by molar-refractivity contribution is 0.325. The highest BCUT2D eigenvalue weighted by atomic mass is 79.9. The molecular formula is C16H14Br2N2O. The summed E-state index contributed by atoms with van der Waals surface area (Å²) >= 11 is 6.59. The molecule has 0 aliphatic carbocycles. The fourth-order valence-corrected chi connectivity index (χ4v) is 1.88. The number of halogens is 2. The molecule has 21 heavy (non-hydrogen) atoms. The van der Waals surface area contributed by atoms with Crippen molar-refractivity contribution >= 4 is 37.8 Å². The zero-order chi connectivity index (χ0) is 15.7. The first-order chi connectivity index (χ1) is 10.1. The molecule has 2 aromatic rings. The lowest BCUT2D eigenvalue weighted by atomic mass is 10.2. The van der Waals surface area contributed by atoms with Crippen molar-refractivity contribution in [2.24, 2.45) is 0 Å². The molecule has 0 bridgehead atoms. The third kappa shape index (κ3) is 6.56. The van der Waals surface area contributed by atoms with E-state index in [1.54, 1.807) is 12.1 Å². The fourth-order valence-electron chi connectivity index (χ4n) is 1.35. The largest absolute Gasteiger partial charge is 0.478 e. The van der Waals surface area contributed by atoms with Crippen LogP contribution in [0.1, 0.15) is 18.1 Å². The molecule has 0 saturated heterocycles. The quantitative estimate of drug-likeness (QED) is 0.551. The molecule has 0 aliphatic rings. The van der Waals surface area contributed by atoms with Gasteiger partial charge in [-0.05, 0) is 55.5 Å². The molecule has 0 fully saturated rings. The van der Waals surface area contributed by atoms with Crippen LogP contribution in [0.25, 0.3) is 0 Å². The Bertz CT molecular complexity index is 616. The maximum absolute atomic E-state index is 8.36. The molecule has 0 radical (unpaired) electrons. The first-order valence-corrected chi connectivity index (χ1v) is 7.78. The van der Waals surface area contributed by atoms with Gasteiger partial charge in [-0.1, -0.05) is 31.9 Å². The number of ether oxygens (including phenoxy) is 1. The van der Waals surface area contributed by atoms with Gasteiger partial charge in [0.1, 0.15) is 0 Å². The van der Waals surface area contributed by atoms with E-state index in [9.17, 15) is 0 Å². The van der Waals surface area contributed by atoms with Gasteiger partial charge >= 0.3 is 0 Å². The van der Waals surface area contributed by atoms with Gasteiger partial charge in [-0.2, -0.15) is 5.26 Å². The Morgan fingerprint density at radius 3 is 1.95 bits per heavy atom. The first kappa shape index (κ1) is 17.4. The second kappa shape index (κ2) is 9.32. The molecule has 2 rings (SSSR count). The molecule has 1 N–H and O–H groups in total. The number of nitriles is 1. The number of hydrogen-bond acceptors (Lipinski definition) is 3. The summed E-state index contributed by atoms with van der Waals surface area (Å²) in [7, 11) is 0. The van der Waals surface area contributed by atoms with E-state index in [2.05, 4.69) is 31.9 Å². The standard InChI is InChI=1S/C9H10BrNO.C7H4BrN/c1-2-12-9(11)7-3-5-8(10)6-4-7;8-7-3-1-6(5-9)2-4-7/h3-6,11H,2H2,1H3;1-4H. The number of benzene rings is 2. The van der Waals surface area contributed by atoms with E-state index < -0.39 is 0 Å². The lowest BCUT2D eigenvalue weighted by Crippen LogP contribution is -2.03. The van der Waals surface area contributed by atoms with Crippen LogP contribution in [-0.4, -0.2) is 12.5 Å². The Labute approximate surface area is 141 Å². The average Bonchev–Trinajstić information content (AvgIpc) is 2.50. The maximum Gasteiger partial charge on any atom is 0.213 e. The van der Waals surface area contributed by atoms with Crippen LogP contribution in [-0.2, 0) is 4.74 Å². The van der Waals surface area contributed by atoms with Gasteiger partial charge in [-0.3, -0.25) is 5.41 Å². The van der Waals surface area contributed by atoms with E-state index in [0.29, 0.717) is 12.2 Å². The number of nitrogens with zero attached hydrogens (tertiary/aromatic N) is 1. The highest BCUT2D eigenvalue weighted by Gasteiger charge is 1.99. The van der Waals surface area contributed by atoms with Crippen molar-refractivity contribution in [3.05, 3.63) is 68.6 Å². The zero-order valence-electron chi connectivity index (χ0n) is 11.4. The Morgan fingerprint density at radius 1 is 1.05 bits per heavy atom. The van der Waals surface area contributed by atoms with E-state index in [0.717, 1.165) is 14.5 Å². The van der Waals surface area contributed by atoms with Gasteiger partial charge in [-0.15, -0.1) is 0 Å². The average molecular weight is 410 g/mol. The van der Waals surface area contributed by atoms with Crippen LogP contribution in [0.15, 0.2) is 57.5 Å². The summed E-state index contributed by atoms with van der Waals surface area (Å²) in [5, 5.41) is 15.8. The molecule has 108 valence electrons. The molecule has 0 unspecified atom stereocenters. The smallest absolute Gasteiger partial charge is 0.213 e. The summed E-state index contributed by atoms with van der Waals surface area (Å²) in [5.41, 5.74) is 1.50. The summed E-state index contributed by atoms with van der Waals surface area (Å²) < 4.78 is 7.05. The van der Waals surface area contributed by atoms with Gasteiger partial charge in [-0.25, -0.2) is 0 Å². The molecule has 0 amide bonds. The second-order valence-corrected chi connectivity index (χ2v) is 5.72. The van der Waals surface area contributed by atoms with Crippen LogP contribution in [0.4, 0.5) is 0 Å². The van der Waals surface area contributed by atoms with E-state index in [-0.39, 0.29) is 5.90 Å². The predicted molar refractivity (Wildman–Crippen MR) is 91.5 cm³/mol. The molecular weight excluding hydrogens is 396 g/mol. The minimum absolute atomic E-state index is 0.227. The molecule has 5 heteroatoms. The number of hydrogen-bond donors (Lipinski definition) is 1. The van der Waals surface area contributed by atoms with Crippen molar-refractivity contribution in [2.45, 2.75) is 6.92 Å². The minimum atomic E-state index is 0.227. The van der Waals surface area contributed by atoms with E-state index in [4.69, 9.17) is 15.4 Å². The third-order valence-corrected chi connectivity index (χ3v) is 3.43. The maximum atomic E-state index is 8.36. The van der Waals surface area contributed by atoms with E-state index >= 15 is 0 Å². The van der Waals surface area contributed by atoms with Crippen LogP contribution in [0.5, 0.6) is 0 Å². The Morgan fingerprint density at radius 2 is 1.52 bits per heavy atom. The van der Waals surface area contributed by atoms with Crippen molar-refractivity contribution in [2.75, 3.05) is 6.61 Å². The van der Waals surface area contributed by atoms with Crippen LogP contribution < -0.4 is 0 Å². The monoisotopic (exact) mass is 408 g/mol. The van der Waals surface area contributed by atoms with Gasteiger partial charge < -0.3 is 4.74 Å². The van der Waals surface area contributed by atoms with Crippen molar-refractivity contribution in [1.29, 1.82) is 10.7 Å². The Hall–Kier alpha value is -1.64. The summed E-state index contributed by atoms with van der Waals surface area (Å²) in [6.45, 7) is 2.41. The van der Waals surface area contributed by atoms with E-state index in [1.165, 1.54) is 0 Å². The normalized spacial score (nSPS) is 9.05. The summed E-state index contributed by atoms with van der Waals surface area (Å²) in [6.07, 6.45) is 0.